The Morgan fingerprint density at radius 2 is 1.93 bits per heavy atom. The third-order valence-corrected chi connectivity index (χ3v) is 5.95. The van der Waals surface area contributed by atoms with Crippen molar-refractivity contribution in [3.8, 4) is 11.5 Å². The van der Waals surface area contributed by atoms with Crippen LogP contribution in [0.4, 0.5) is 0 Å². The van der Waals surface area contributed by atoms with Crippen molar-refractivity contribution in [2.24, 2.45) is 0 Å². The number of halogens is 1. The van der Waals surface area contributed by atoms with E-state index in [1.54, 1.807) is 50.6 Å². The molecule has 8 heteroatoms. The van der Waals surface area contributed by atoms with Crippen molar-refractivity contribution >= 4 is 28.3 Å². The number of methoxy groups -OCH3 is 2. The summed E-state index contributed by atoms with van der Waals surface area (Å²) >= 11 is 5.94. The smallest absolute Gasteiger partial charge is 0.287 e. The minimum absolute atomic E-state index is 0.161. The van der Waals surface area contributed by atoms with Crippen molar-refractivity contribution in [3.05, 3.63) is 76.7 Å². The van der Waals surface area contributed by atoms with Gasteiger partial charge in [-0.1, -0.05) is 17.7 Å². The molecule has 30 heavy (non-hydrogen) atoms. The lowest BCUT2D eigenvalue weighted by molar-refractivity contribution is 0.0925. The first-order valence-electron chi connectivity index (χ1n) is 9.22. The second kappa shape index (κ2) is 10.3. The SMILES string of the molecule is COc1ccc(OC)c(CCNC(=O)c2ccc(CS(=O)c3cccc(Cl)c3)o2)c1. The van der Waals surface area contributed by atoms with Crippen molar-refractivity contribution < 1.29 is 22.9 Å². The van der Waals surface area contributed by atoms with Gasteiger partial charge in [-0.15, -0.1) is 0 Å². The largest absolute Gasteiger partial charge is 0.497 e. The third kappa shape index (κ3) is 5.64. The Labute approximate surface area is 182 Å². The molecular formula is C22H22ClNO5S. The van der Waals surface area contributed by atoms with Crippen LogP contribution in [-0.2, 0) is 23.0 Å². The van der Waals surface area contributed by atoms with Crippen LogP contribution in [-0.4, -0.2) is 30.9 Å². The molecule has 1 amide bonds. The van der Waals surface area contributed by atoms with Gasteiger partial charge >= 0.3 is 0 Å². The fourth-order valence-electron chi connectivity index (χ4n) is 2.87. The summed E-state index contributed by atoms with van der Waals surface area (Å²) in [5, 5.41) is 3.34. The molecule has 0 spiro atoms. The Morgan fingerprint density at radius 1 is 1.10 bits per heavy atom. The third-order valence-electron chi connectivity index (χ3n) is 4.39. The first-order valence-corrected chi connectivity index (χ1v) is 10.9. The van der Waals surface area contributed by atoms with E-state index in [4.69, 9.17) is 25.5 Å². The summed E-state index contributed by atoms with van der Waals surface area (Å²) in [6, 6.07) is 15.6. The predicted molar refractivity (Wildman–Crippen MR) is 116 cm³/mol. The van der Waals surface area contributed by atoms with Crippen LogP contribution in [0, 0.1) is 0 Å². The van der Waals surface area contributed by atoms with E-state index in [1.165, 1.54) is 0 Å². The van der Waals surface area contributed by atoms with Crippen LogP contribution in [0.25, 0.3) is 0 Å². The van der Waals surface area contributed by atoms with Gasteiger partial charge in [0, 0.05) is 16.5 Å². The molecule has 158 valence electrons. The molecule has 0 aliphatic carbocycles. The zero-order valence-corrected chi connectivity index (χ0v) is 18.2. The van der Waals surface area contributed by atoms with Gasteiger partial charge in [0.1, 0.15) is 17.3 Å². The summed E-state index contributed by atoms with van der Waals surface area (Å²) in [5.41, 5.74) is 0.925. The lowest BCUT2D eigenvalue weighted by atomic mass is 10.1. The van der Waals surface area contributed by atoms with Gasteiger partial charge in [-0.05, 0) is 60.5 Å². The van der Waals surface area contributed by atoms with Crippen molar-refractivity contribution in [3.63, 3.8) is 0 Å². The predicted octanol–water partition coefficient (Wildman–Crippen LogP) is 4.23. The maximum atomic E-state index is 12.5. The maximum absolute atomic E-state index is 12.5. The first kappa shape index (κ1) is 21.9. The second-order valence-electron chi connectivity index (χ2n) is 6.40. The van der Waals surface area contributed by atoms with E-state index < -0.39 is 10.8 Å². The van der Waals surface area contributed by atoms with E-state index in [0.29, 0.717) is 28.6 Å². The average molecular weight is 448 g/mol. The van der Waals surface area contributed by atoms with Gasteiger partial charge in [0.05, 0.1) is 30.8 Å². The molecule has 0 aliphatic rings. The molecule has 0 fully saturated rings. The van der Waals surface area contributed by atoms with Crippen molar-refractivity contribution in [2.45, 2.75) is 17.1 Å². The highest BCUT2D eigenvalue weighted by atomic mass is 35.5. The van der Waals surface area contributed by atoms with Crippen LogP contribution in [0.1, 0.15) is 21.9 Å². The fourth-order valence-corrected chi connectivity index (χ4v) is 4.20. The zero-order valence-electron chi connectivity index (χ0n) is 16.6. The molecule has 0 saturated heterocycles. The van der Waals surface area contributed by atoms with Crippen LogP contribution < -0.4 is 14.8 Å². The molecule has 1 aromatic heterocycles. The Balaban J connectivity index is 1.56. The molecule has 6 nitrogen and oxygen atoms in total. The molecule has 0 bridgehead atoms. The topological polar surface area (TPSA) is 77.8 Å². The van der Waals surface area contributed by atoms with Crippen LogP contribution in [0.3, 0.4) is 0 Å². The number of carbonyl (C=O) groups is 1. The highest BCUT2D eigenvalue weighted by molar-refractivity contribution is 7.84. The average Bonchev–Trinajstić information content (AvgIpc) is 3.22. The monoisotopic (exact) mass is 447 g/mol. The van der Waals surface area contributed by atoms with Crippen LogP contribution in [0.5, 0.6) is 11.5 Å². The van der Waals surface area contributed by atoms with Crippen LogP contribution >= 0.6 is 11.6 Å². The molecule has 0 aliphatic heterocycles. The van der Waals surface area contributed by atoms with E-state index in [9.17, 15) is 9.00 Å². The minimum Gasteiger partial charge on any atom is -0.497 e. The number of rotatable bonds is 9. The normalized spacial score (nSPS) is 11.7. The Morgan fingerprint density at radius 3 is 2.67 bits per heavy atom. The number of hydrogen-bond acceptors (Lipinski definition) is 5. The molecule has 0 saturated carbocycles. The standard InChI is InChI=1S/C22H22ClNO5S/c1-27-17-6-8-20(28-2)15(12-17)10-11-24-22(25)21-9-7-18(29-21)14-30(26)19-5-3-4-16(23)13-19/h3-9,12-13H,10-11,14H2,1-2H3,(H,24,25). The van der Waals surface area contributed by atoms with Crippen molar-refractivity contribution in [1.29, 1.82) is 0 Å². The lowest BCUT2D eigenvalue weighted by Crippen LogP contribution is -2.25. The van der Waals surface area contributed by atoms with Gasteiger partial charge in [0.15, 0.2) is 5.76 Å². The molecule has 1 unspecified atom stereocenters. The van der Waals surface area contributed by atoms with Crippen LogP contribution in [0.2, 0.25) is 5.02 Å². The fraction of sp³-hybridized carbons (Fsp3) is 0.227. The number of furan rings is 1. The van der Waals surface area contributed by atoms with E-state index in [1.807, 2.05) is 18.2 Å². The summed E-state index contributed by atoms with van der Waals surface area (Å²) in [4.78, 5) is 13.0. The quantitative estimate of drug-likeness (QED) is 0.531. The maximum Gasteiger partial charge on any atom is 0.287 e. The highest BCUT2D eigenvalue weighted by Gasteiger charge is 2.14. The Bertz CT molecular complexity index is 1050. The lowest BCUT2D eigenvalue weighted by Gasteiger charge is -2.10. The molecule has 3 aromatic rings. The van der Waals surface area contributed by atoms with Gasteiger partial charge in [-0.3, -0.25) is 9.00 Å². The summed E-state index contributed by atoms with van der Waals surface area (Å²) in [6.07, 6.45) is 0.568. The molecule has 0 radical (unpaired) electrons. The van der Waals surface area contributed by atoms with Gasteiger partial charge < -0.3 is 19.2 Å². The minimum atomic E-state index is -1.32. The van der Waals surface area contributed by atoms with E-state index in [-0.39, 0.29) is 17.4 Å². The van der Waals surface area contributed by atoms with Gasteiger partial charge in [0.25, 0.3) is 5.91 Å². The number of amides is 1. The van der Waals surface area contributed by atoms with Gasteiger partial charge in [-0.25, -0.2) is 0 Å². The van der Waals surface area contributed by atoms with Gasteiger partial charge in [0.2, 0.25) is 0 Å². The first-order chi connectivity index (χ1) is 14.5. The van der Waals surface area contributed by atoms with Crippen LogP contribution in [0.15, 0.2) is 63.9 Å². The second-order valence-corrected chi connectivity index (χ2v) is 8.28. The number of hydrogen-bond donors (Lipinski definition) is 1. The van der Waals surface area contributed by atoms with Gasteiger partial charge in [-0.2, -0.15) is 0 Å². The van der Waals surface area contributed by atoms with E-state index in [2.05, 4.69) is 5.32 Å². The zero-order chi connectivity index (χ0) is 21.5. The number of benzene rings is 2. The summed E-state index contributed by atoms with van der Waals surface area (Å²) in [5.74, 6) is 1.92. The Kier molecular flexibility index (Phi) is 7.54. The summed E-state index contributed by atoms with van der Waals surface area (Å²) in [6.45, 7) is 0.396. The molecule has 1 N–H and O–H groups in total. The number of nitrogens with one attached hydrogen (secondary N) is 1. The summed E-state index contributed by atoms with van der Waals surface area (Å²) < 4.78 is 28.6. The molecule has 2 aromatic carbocycles. The summed E-state index contributed by atoms with van der Waals surface area (Å²) in [7, 11) is 1.88. The Hall–Kier alpha value is -2.77. The molecular weight excluding hydrogens is 426 g/mol. The number of carbonyl (C=O) groups excluding carboxylic acids is 1. The molecule has 1 atom stereocenters. The molecule has 1 heterocycles. The highest BCUT2D eigenvalue weighted by Crippen LogP contribution is 2.24. The molecule has 3 rings (SSSR count). The van der Waals surface area contributed by atoms with E-state index >= 15 is 0 Å². The van der Waals surface area contributed by atoms with Crippen molar-refractivity contribution in [2.75, 3.05) is 20.8 Å². The number of ether oxygens (including phenoxy) is 2. The van der Waals surface area contributed by atoms with E-state index in [0.717, 1.165) is 17.1 Å². The van der Waals surface area contributed by atoms with Crippen molar-refractivity contribution in [1.82, 2.24) is 5.32 Å².